The molecule has 11 heteroatoms. The topological polar surface area (TPSA) is 99.0 Å². The van der Waals surface area contributed by atoms with Crippen molar-refractivity contribution in [1.82, 2.24) is 19.3 Å². The summed E-state index contributed by atoms with van der Waals surface area (Å²) in [5, 5.41) is 8.53. The van der Waals surface area contributed by atoms with Gasteiger partial charge < -0.3 is 19.8 Å². The fourth-order valence-electron chi connectivity index (χ4n) is 5.86. The molecule has 2 saturated carbocycles. The van der Waals surface area contributed by atoms with E-state index in [9.17, 15) is 22.8 Å². The van der Waals surface area contributed by atoms with Gasteiger partial charge in [-0.15, -0.1) is 10.2 Å². The Kier molecular flexibility index (Phi) is 6.15. The van der Waals surface area contributed by atoms with E-state index in [1.54, 1.807) is 6.33 Å². The minimum atomic E-state index is -4.62. The number of nitrogens with two attached hydrogens (primary N) is 1. The predicted molar refractivity (Wildman–Crippen MR) is 136 cm³/mol. The number of primary amides is 1. The van der Waals surface area contributed by atoms with Crippen molar-refractivity contribution in [3.05, 3.63) is 75.7 Å². The van der Waals surface area contributed by atoms with E-state index in [0.717, 1.165) is 42.8 Å². The molecule has 1 aromatic carbocycles. The number of alkyl halides is 3. The van der Waals surface area contributed by atoms with E-state index in [-0.39, 0.29) is 17.5 Å². The molecule has 0 radical (unpaired) electrons. The van der Waals surface area contributed by atoms with E-state index in [1.165, 1.54) is 12.3 Å². The molecule has 2 fully saturated rings. The van der Waals surface area contributed by atoms with Crippen molar-refractivity contribution in [2.75, 3.05) is 4.90 Å². The zero-order chi connectivity index (χ0) is 27.5. The summed E-state index contributed by atoms with van der Waals surface area (Å²) in [7, 11) is 1.94. The van der Waals surface area contributed by atoms with Crippen LogP contribution < -0.4 is 16.2 Å². The number of benzene rings is 1. The first-order chi connectivity index (χ1) is 17.8. The molecule has 0 aliphatic heterocycles. The molecule has 0 atom stereocenters. The molecule has 5 rings (SSSR count). The Morgan fingerprint density at radius 3 is 2.50 bits per heavy atom. The average molecular weight is 529 g/mol. The Morgan fingerprint density at radius 1 is 1.24 bits per heavy atom. The second kappa shape index (κ2) is 8.99. The number of halogens is 3. The Morgan fingerprint density at radius 2 is 1.95 bits per heavy atom. The number of aryl methyl sites for hydroxylation is 1. The number of anilines is 1. The van der Waals surface area contributed by atoms with Crippen LogP contribution in [-0.2, 0) is 25.6 Å². The lowest BCUT2D eigenvalue weighted by molar-refractivity contribution is -0.141. The third-order valence-corrected chi connectivity index (χ3v) is 7.97. The molecule has 2 aliphatic carbocycles. The van der Waals surface area contributed by atoms with Crippen LogP contribution in [0.4, 0.5) is 18.9 Å². The third kappa shape index (κ3) is 4.69. The molecule has 38 heavy (non-hydrogen) atoms. The summed E-state index contributed by atoms with van der Waals surface area (Å²) in [6.45, 7) is 3.03. The van der Waals surface area contributed by atoms with Crippen LogP contribution in [0, 0.1) is 5.92 Å². The highest BCUT2D eigenvalue weighted by Crippen LogP contribution is 2.52. The maximum atomic E-state index is 13.2. The summed E-state index contributed by atoms with van der Waals surface area (Å²) < 4.78 is 42.0. The largest absolute Gasteiger partial charge is 0.406 e. The van der Waals surface area contributed by atoms with Crippen molar-refractivity contribution < 1.29 is 18.0 Å². The molecule has 2 aliphatic rings. The molecule has 0 saturated heterocycles. The number of carbonyl (C=O) groups excluding carboxylic acids is 1. The molecule has 2 heterocycles. The second-order valence-corrected chi connectivity index (χ2v) is 11.2. The van der Waals surface area contributed by atoms with Gasteiger partial charge in [-0.1, -0.05) is 19.1 Å². The quantitative estimate of drug-likeness (QED) is 0.478. The Balaban J connectivity index is 1.55. The molecule has 0 unspecified atom stereocenters. The average Bonchev–Trinajstić information content (AvgIpc) is 3.42. The maximum Gasteiger partial charge on any atom is 0.406 e. The van der Waals surface area contributed by atoms with Crippen LogP contribution in [0.3, 0.4) is 0 Å². The summed E-state index contributed by atoms with van der Waals surface area (Å²) >= 11 is 0. The molecule has 8 nitrogen and oxygen atoms in total. The molecular weight excluding hydrogens is 497 g/mol. The van der Waals surface area contributed by atoms with Crippen LogP contribution in [0.25, 0.3) is 0 Å². The number of rotatable bonds is 8. The van der Waals surface area contributed by atoms with Crippen molar-refractivity contribution in [3.8, 4) is 0 Å². The summed E-state index contributed by atoms with van der Waals surface area (Å²) in [5.74, 6) is 0.389. The second-order valence-electron chi connectivity index (χ2n) is 11.2. The van der Waals surface area contributed by atoms with Gasteiger partial charge >= 0.3 is 6.18 Å². The standard InChI is InChI=1S/C27H31F3N6O2/c1-17-11-26(12-17,24-33-32-16-34(24)3)19-5-4-6-20(10-19)36(25(2)7-8-25)14-18-9-21(22(31)37)23(38)35(13-18)15-27(28,29)30/h4-6,9-10,13,16-17H,7-8,11-12,14-15H2,1-3H3,(H2,31,37). The van der Waals surface area contributed by atoms with Crippen molar-refractivity contribution >= 4 is 11.6 Å². The highest BCUT2D eigenvalue weighted by atomic mass is 19.4. The number of nitrogens with zero attached hydrogens (tertiary/aromatic N) is 5. The van der Waals surface area contributed by atoms with E-state index >= 15 is 0 Å². The number of pyridine rings is 1. The van der Waals surface area contributed by atoms with Crippen LogP contribution in [0.5, 0.6) is 0 Å². The van der Waals surface area contributed by atoms with Crippen LogP contribution >= 0.6 is 0 Å². The van der Waals surface area contributed by atoms with Crippen LogP contribution in [0.2, 0.25) is 0 Å². The lowest BCUT2D eigenvalue weighted by atomic mass is 9.58. The summed E-state index contributed by atoms with van der Waals surface area (Å²) in [6, 6.07) is 9.51. The van der Waals surface area contributed by atoms with E-state index in [0.29, 0.717) is 16.0 Å². The van der Waals surface area contributed by atoms with Gasteiger partial charge in [0.05, 0.1) is 5.41 Å². The number of aromatic nitrogens is 4. The molecule has 202 valence electrons. The maximum absolute atomic E-state index is 13.2. The lowest BCUT2D eigenvalue weighted by Gasteiger charge is -2.46. The minimum absolute atomic E-state index is 0.207. The van der Waals surface area contributed by atoms with Crippen molar-refractivity contribution in [1.29, 1.82) is 0 Å². The summed E-state index contributed by atoms with van der Waals surface area (Å²) in [6.07, 6.45) is 1.95. The fraction of sp³-hybridized carbons (Fsp3) is 0.481. The first-order valence-corrected chi connectivity index (χ1v) is 12.6. The van der Waals surface area contributed by atoms with Crippen LogP contribution in [0.15, 0.2) is 47.7 Å². The smallest absolute Gasteiger partial charge is 0.365 e. The van der Waals surface area contributed by atoms with Crippen LogP contribution in [-0.4, -0.2) is 37.0 Å². The Labute approximate surface area is 218 Å². The molecule has 2 aromatic heterocycles. The van der Waals surface area contributed by atoms with Gasteiger partial charge in [0, 0.05) is 31.0 Å². The molecule has 0 spiro atoms. The normalized spacial score (nSPS) is 22.1. The van der Waals surface area contributed by atoms with Gasteiger partial charge in [-0.25, -0.2) is 0 Å². The third-order valence-electron chi connectivity index (χ3n) is 7.97. The van der Waals surface area contributed by atoms with E-state index in [2.05, 4.69) is 41.1 Å². The van der Waals surface area contributed by atoms with Gasteiger partial charge in [0.25, 0.3) is 11.5 Å². The number of hydrogen-bond donors (Lipinski definition) is 1. The predicted octanol–water partition coefficient (Wildman–Crippen LogP) is 3.91. The monoisotopic (exact) mass is 528 g/mol. The zero-order valence-corrected chi connectivity index (χ0v) is 21.6. The van der Waals surface area contributed by atoms with E-state index in [4.69, 9.17) is 5.73 Å². The molecule has 1 amide bonds. The van der Waals surface area contributed by atoms with Gasteiger partial charge in [-0.05, 0) is 67.9 Å². The number of hydrogen-bond acceptors (Lipinski definition) is 5. The van der Waals surface area contributed by atoms with Crippen LogP contribution in [0.1, 0.15) is 66.8 Å². The minimum Gasteiger partial charge on any atom is -0.365 e. The zero-order valence-electron chi connectivity index (χ0n) is 21.6. The summed E-state index contributed by atoms with van der Waals surface area (Å²) in [5.41, 5.74) is 5.81. The highest BCUT2D eigenvalue weighted by Gasteiger charge is 2.49. The molecule has 0 bridgehead atoms. The first-order valence-electron chi connectivity index (χ1n) is 12.6. The first kappa shape index (κ1) is 26.0. The SMILES string of the molecule is CC1CC(c2cccc(N(Cc3cc(C(N)=O)c(=O)n(CC(F)(F)F)c3)C3(C)CC3)c2)(c2nncn2C)C1. The highest BCUT2D eigenvalue weighted by molar-refractivity contribution is 5.92. The van der Waals surface area contributed by atoms with Gasteiger partial charge in [0.1, 0.15) is 24.3 Å². The fourth-order valence-corrected chi connectivity index (χ4v) is 5.86. The number of carbonyl (C=O) groups is 1. The van der Waals surface area contributed by atoms with Crippen molar-refractivity contribution in [3.63, 3.8) is 0 Å². The molecule has 3 aromatic rings. The van der Waals surface area contributed by atoms with E-state index in [1.807, 2.05) is 23.7 Å². The van der Waals surface area contributed by atoms with Crippen molar-refractivity contribution in [2.24, 2.45) is 18.7 Å². The lowest BCUT2D eigenvalue weighted by Crippen LogP contribution is -2.43. The molecule has 2 N–H and O–H groups in total. The van der Waals surface area contributed by atoms with E-state index < -0.39 is 29.8 Å². The summed E-state index contributed by atoms with van der Waals surface area (Å²) in [4.78, 5) is 26.6. The van der Waals surface area contributed by atoms with Gasteiger partial charge in [0.2, 0.25) is 0 Å². The molecular formula is C27H31F3N6O2. The number of amides is 1. The van der Waals surface area contributed by atoms with Crippen molar-refractivity contribution in [2.45, 2.75) is 69.8 Å². The van der Waals surface area contributed by atoms with Gasteiger partial charge in [-0.3, -0.25) is 9.59 Å². The Bertz CT molecular complexity index is 1430. The van der Waals surface area contributed by atoms with Gasteiger partial charge in [0.15, 0.2) is 0 Å². The Hall–Kier alpha value is -3.63. The van der Waals surface area contributed by atoms with Gasteiger partial charge in [-0.2, -0.15) is 13.2 Å².